The van der Waals surface area contributed by atoms with Gasteiger partial charge in [0.2, 0.25) is 0 Å². The van der Waals surface area contributed by atoms with Crippen LogP contribution in [0.5, 0.6) is 5.75 Å². The van der Waals surface area contributed by atoms with Gasteiger partial charge in [0.1, 0.15) is 5.75 Å². The van der Waals surface area contributed by atoms with E-state index < -0.39 is 6.10 Å². The summed E-state index contributed by atoms with van der Waals surface area (Å²) in [5.41, 5.74) is 1.40. The van der Waals surface area contributed by atoms with Crippen LogP contribution >= 0.6 is 0 Å². The van der Waals surface area contributed by atoms with Gasteiger partial charge in [-0.1, -0.05) is 48.5 Å². The van der Waals surface area contributed by atoms with Crippen molar-refractivity contribution in [1.29, 1.82) is 0 Å². The summed E-state index contributed by atoms with van der Waals surface area (Å²) in [7, 11) is 0. The normalized spacial score (nSPS) is 16.3. The van der Waals surface area contributed by atoms with Crippen LogP contribution in [0.4, 0.5) is 0 Å². The Balaban J connectivity index is 1.38. The molecule has 2 aromatic rings. The van der Waals surface area contributed by atoms with Gasteiger partial charge in [0, 0.05) is 26.2 Å². The Morgan fingerprint density at radius 2 is 1.58 bits per heavy atom. The summed E-state index contributed by atoms with van der Waals surface area (Å²) in [5.74, 6) is 0.825. The Morgan fingerprint density at radius 3 is 2.23 bits per heavy atom. The predicted octanol–water partition coefficient (Wildman–Crippen LogP) is 3.23. The van der Waals surface area contributed by atoms with E-state index in [1.165, 1.54) is 5.56 Å². The van der Waals surface area contributed by atoms with Crippen LogP contribution in [0.2, 0.25) is 0 Å². The van der Waals surface area contributed by atoms with Crippen molar-refractivity contribution in [2.75, 3.05) is 32.7 Å². The minimum Gasteiger partial charge on any atom is -0.481 e. The number of benzene rings is 2. The van der Waals surface area contributed by atoms with E-state index in [0.717, 1.165) is 51.3 Å². The number of carbonyl (C=O) groups is 1. The van der Waals surface area contributed by atoms with Gasteiger partial charge < -0.3 is 9.64 Å². The molecule has 0 spiro atoms. The lowest BCUT2D eigenvalue weighted by Gasteiger charge is -2.35. The number of carbonyl (C=O) groups excluding carboxylic acids is 1. The molecule has 4 heteroatoms. The van der Waals surface area contributed by atoms with Gasteiger partial charge in [-0.25, -0.2) is 0 Å². The molecule has 1 heterocycles. The molecule has 0 radical (unpaired) electrons. The molecule has 0 N–H and O–H groups in total. The molecule has 138 valence electrons. The molecule has 4 nitrogen and oxygen atoms in total. The molecule has 3 rings (SSSR count). The van der Waals surface area contributed by atoms with Crippen molar-refractivity contribution in [3.05, 3.63) is 66.2 Å². The summed E-state index contributed by atoms with van der Waals surface area (Å²) < 4.78 is 5.77. The number of rotatable bonds is 7. The first kappa shape index (κ1) is 18.5. The van der Waals surface area contributed by atoms with Crippen LogP contribution in [0.1, 0.15) is 18.9 Å². The van der Waals surface area contributed by atoms with Crippen molar-refractivity contribution >= 4 is 5.91 Å². The molecule has 1 unspecified atom stereocenters. The van der Waals surface area contributed by atoms with E-state index in [4.69, 9.17) is 4.74 Å². The lowest BCUT2D eigenvalue weighted by atomic mass is 10.1. The second kappa shape index (κ2) is 9.39. The Kier molecular flexibility index (Phi) is 6.67. The van der Waals surface area contributed by atoms with E-state index in [0.29, 0.717) is 0 Å². The van der Waals surface area contributed by atoms with E-state index in [2.05, 4.69) is 35.2 Å². The van der Waals surface area contributed by atoms with Gasteiger partial charge in [-0.3, -0.25) is 9.69 Å². The Hall–Kier alpha value is -2.33. The topological polar surface area (TPSA) is 32.8 Å². The van der Waals surface area contributed by atoms with Crippen molar-refractivity contribution in [1.82, 2.24) is 9.80 Å². The van der Waals surface area contributed by atoms with Gasteiger partial charge in [-0.05, 0) is 44.0 Å². The molecule has 1 saturated heterocycles. The number of piperazine rings is 1. The van der Waals surface area contributed by atoms with Crippen LogP contribution < -0.4 is 4.74 Å². The molecule has 1 fully saturated rings. The third kappa shape index (κ3) is 5.33. The largest absolute Gasteiger partial charge is 0.481 e. The maximum absolute atomic E-state index is 12.6. The molecule has 1 amide bonds. The van der Waals surface area contributed by atoms with Gasteiger partial charge in [0.05, 0.1) is 0 Å². The maximum Gasteiger partial charge on any atom is 0.263 e. The lowest BCUT2D eigenvalue weighted by Crippen LogP contribution is -2.52. The average molecular weight is 352 g/mol. The van der Waals surface area contributed by atoms with Gasteiger partial charge in [-0.2, -0.15) is 0 Å². The van der Waals surface area contributed by atoms with Gasteiger partial charge in [0.25, 0.3) is 5.91 Å². The summed E-state index contributed by atoms with van der Waals surface area (Å²) in [6, 6.07) is 20.2. The second-order valence-corrected chi connectivity index (χ2v) is 6.83. The fourth-order valence-electron chi connectivity index (χ4n) is 3.35. The van der Waals surface area contributed by atoms with Crippen molar-refractivity contribution in [2.45, 2.75) is 25.9 Å². The quantitative estimate of drug-likeness (QED) is 0.767. The molecule has 2 aromatic carbocycles. The first-order valence-corrected chi connectivity index (χ1v) is 9.49. The monoisotopic (exact) mass is 352 g/mol. The highest BCUT2D eigenvalue weighted by Crippen LogP contribution is 2.13. The fourth-order valence-corrected chi connectivity index (χ4v) is 3.35. The van der Waals surface area contributed by atoms with Crippen LogP contribution in [0.25, 0.3) is 0 Å². The molecule has 26 heavy (non-hydrogen) atoms. The lowest BCUT2D eigenvalue weighted by molar-refractivity contribution is -0.139. The fraction of sp³-hybridized carbons (Fsp3) is 0.409. The summed E-state index contributed by atoms with van der Waals surface area (Å²) in [6.07, 6.45) is 1.83. The van der Waals surface area contributed by atoms with Crippen molar-refractivity contribution in [3.63, 3.8) is 0 Å². The van der Waals surface area contributed by atoms with Gasteiger partial charge in [-0.15, -0.1) is 0 Å². The van der Waals surface area contributed by atoms with E-state index >= 15 is 0 Å². The second-order valence-electron chi connectivity index (χ2n) is 6.83. The highest BCUT2D eigenvalue weighted by molar-refractivity contribution is 5.81. The molecular weight excluding hydrogens is 324 g/mol. The number of hydrogen-bond acceptors (Lipinski definition) is 3. The molecule has 0 bridgehead atoms. The number of para-hydroxylation sites is 1. The molecule has 0 saturated carbocycles. The number of nitrogens with zero attached hydrogens (tertiary/aromatic N) is 2. The van der Waals surface area contributed by atoms with Crippen molar-refractivity contribution in [2.24, 2.45) is 0 Å². The standard InChI is InChI=1S/C22H28N2O2/c1-19(26-21-12-6-3-7-13-21)22(25)24-17-15-23(16-18-24)14-8-11-20-9-4-2-5-10-20/h2-7,9-10,12-13,19H,8,11,14-18H2,1H3. The average Bonchev–Trinajstić information content (AvgIpc) is 2.69. The van der Waals surface area contributed by atoms with E-state index in [-0.39, 0.29) is 5.91 Å². The molecule has 0 aromatic heterocycles. The van der Waals surface area contributed by atoms with Crippen LogP contribution in [0.15, 0.2) is 60.7 Å². The zero-order valence-electron chi connectivity index (χ0n) is 15.5. The first-order chi connectivity index (χ1) is 12.7. The summed E-state index contributed by atoms with van der Waals surface area (Å²) >= 11 is 0. The molecule has 1 atom stereocenters. The minimum atomic E-state index is -0.443. The SMILES string of the molecule is CC(Oc1ccccc1)C(=O)N1CCN(CCCc2ccccc2)CC1. The number of aryl methyl sites for hydroxylation is 1. The Bertz CT molecular complexity index is 667. The van der Waals surface area contributed by atoms with Crippen LogP contribution in [0.3, 0.4) is 0 Å². The summed E-state index contributed by atoms with van der Waals surface area (Å²) in [5, 5.41) is 0. The van der Waals surface area contributed by atoms with Gasteiger partial charge >= 0.3 is 0 Å². The molecule has 1 aliphatic heterocycles. The van der Waals surface area contributed by atoms with E-state index in [1.807, 2.05) is 42.2 Å². The Labute approximate surface area is 156 Å². The molecule has 1 aliphatic rings. The summed E-state index contributed by atoms with van der Waals surface area (Å²) in [4.78, 5) is 17.0. The number of ether oxygens (including phenoxy) is 1. The molecule has 0 aliphatic carbocycles. The maximum atomic E-state index is 12.6. The predicted molar refractivity (Wildman–Crippen MR) is 104 cm³/mol. The zero-order valence-corrected chi connectivity index (χ0v) is 15.5. The van der Waals surface area contributed by atoms with E-state index in [1.54, 1.807) is 0 Å². The van der Waals surface area contributed by atoms with Crippen LogP contribution in [0, 0.1) is 0 Å². The third-order valence-electron chi connectivity index (χ3n) is 4.87. The zero-order chi connectivity index (χ0) is 18.2. The highest BCUT2D eigenvalue weighted by atomic mass is 16.5. The van der Waals surface area contributed by atoms with Crippen molar-refractivity contribution < 1.29 is 9.53 Å². The Morgan fingerprint density at radius 1 is 0.962 bits per heavy atom. The third-order valence-corrected chi connectivity index (χ3v) is 4.87. The minimum absolute atomic E-state index is 0.0813. The van der Waals surface area contributed by atoms with Crippen LogP contribution in [-0.4, -0.2) is 54.5 Å². The van der Waals surface area contributed by atoms with Crippen molar-refractivity contribution in [3.8, 4) is 5.75 Å². The number of hydrogen-bond donors (Lipinski definition) is 0. The van der Waals surface area contributed by atoms with E-state index in [9.17, 15) is 4.79 Å². The van der Waals surface area contributed by atoms with Crippen LogP contribution in [-0.2, 0) is 11.2 Å². The number of amides is 1. The smallest absolute Gasteiger partial charge is 0.263 e. The first-order valence-electron chi connectivity index (χ1n) is 9.49. The van der Waals surface area contributed by atoms with Gasteiger partial charge in [0.15, 0.2) is 6.10 Å². The molecular formula is C22H28N2O2. The summed E-state index contributed by atoms with van der Waals surface area (Å²) in [6.45, 7) is 6.38. The highest BCUT2D eigenvalue weighted by Gasteiger charge is 2.25.